The van der Waals surface area contributed by atoms with Crippen LogP contribution in [0.2, 0.25) is 0 Å². The highest BCUT2D eigenvalue weighted by Crippen LogP contribution is 2.18. The van der Waals surface area contributed by atoms with Crippen molar-refractivity contribution >= 4 is 5.95 Å². The zero-order valence-electron chi connectivity index (χ0n) is 13.8. The second-order valence-corrected chi connectivity index (χ2v) is 6.42. The molecule has 0 radical (unpaired) electrons. The molecule has 124 valence electrons. The minimum absolute atomic E-state index is 0.169. The summed E-state index contributed by atoms with van der Waals surface area (Å²) in [7, 11) is 0. The minimum atomic E-state index is -0.639. The van der Waals surface area contributed by atoms with Crippen LogP contribution in [-0.2, 0) is 0 Å². The molecule has 2 rings (SSSR count). The van der Waals surface area contributed by atoms with Gasteiger partial charge in [0.25, 0.3) is 0 Å². The number of nitrogens with zero attached hydrogens (tertiary/aromatic N) is 3. The Labute approximate surface area is 136 Å². The molecule has 6 heteroatoms. The summed E-state index contributed by atoms with van der Waals surface area (Å²) in [6.07, 6.45) is 4.10. The molecule has 0 aliphatic rings. The van der Waals surface area contributed by atoms with Crippen LogP contribution in [0, 0.1) is 5.82 Å². The molecule has 0 fully saturated rings. The van der Waals surface area contributed by atoms with Gasteiger partial charge in [-0.1, -0.05) is 0 Å². The van der Waals surface area contributed by atoms with E-state index in [-0.39, 0.29) is 11.9 Å². The predicted molar refractivity (Wildman–Crippen MR) is 88.5 cm³/mol. The van der Waals surface area contributed by atoms with E-state index in [9.17, 15) is 9.50 Å². The van der Waals surface area contributed by atoms with E-state index < -0.39 is 5.60 Å². The highest BCUT2D eigenvalue weighted by Gasteiger charge is 2.13. The van der Waals surface area contributed by atoms with Crippen LogP contribution in [0.15, 0.2) is 30.5 Å². The molecule has 23 heavy (non-hydrogen) atoms. The highest BCUT2D eigenvalue weighted by molar-refractivity contribution is 5.58. The number of rotatable bonds is 7. The third-order valence-corrected chi connectivity index (χ3v) is 3.50. The second kappa shape index (κ2) is 7.46. The zero-order valence-corrected chi connectivity index (χ0v) is 13.8. The normalized spacial score (nSPS) is 12.9. The van der Waals surface area contributed by atoms with Crippen molar-refractivity contribution in [3.63, 3.8) is 0 Å². The first kappa shape index (κ1) is 17.3. The summed E-state index contributed by atoms with van der Waals surface area (Å²) in [6, 6.07) is 6.28. The Bertz CT molecular complexity index is 625. The summed E-state index contributed by atoms with van der Waals surface area (Å²) in [6.45, 7) is 5.66. The number of hydrogen-bond acceptors (Lipinski definition) is 5. The fraction of sp³-hybridized carbons (Fsp3) is 0.471. The lowest BCUT2D eigenvalue weighted by Gasteiger charge is -2.19. The number of hydrogen-bond donors (Lipinski definition) is 2. The van der Waals surface area contributed by atoms with Crippen molar-refractivity contribution in [2.45, 2.75) is 51.7 Å². The van der Waals surface area contributed by atoms with Gasteiger partial charge in [-0.3, -0.25) is 0 Å². The third kappa shape index (κ3) is 5.90. The topological polar surface area (TPSA) is 70.9 Å². The van der Waals surface area contributed by atoms with Crippen LogP contribution in [0.4, 0.5) is 10.3 Å². The summed E-state index contributed by atoms with van der Waals surface area (Å²) in [4.78, 5) is 4.41. The molecule has 0 aliphatic carbocycles. The number of aliphatic hydroxyl groups is 1. The first-order valence-electron chi connectivity index (χ1n) is 7.78. The van der Waals surface area contributed by atoms with E-state index >= 15 is 0 Å². The maximum atomic E-state index is 13.0. The van der Waals surface area contributed by atoms with Gasteiger partial charge in [0, 0.05) is 11.6 Å². The molecule has 1 atom stereocenters. The molecule has 2 aromatic rings. The van der Waals surface area contributed by atoms with Gasteiger partial charge in [-0.05, 0) is 64.3 Å². The first-order valence-corrected chi connectivity index (χ1v) is 7.78. The Morgan fingerprint density at radius 2 is 1.96 bits per heavy atom. The number of benzene rings is 1. The van der Waals surface area contributed by atoms with Crippen molar-refractivity contribution in [3.8, 4) is 11.3 Å². The quantitative estimate of drug-likeness (QED) is 0.818. The van der Waals surface area contributed by atoms with E-state index in [0.717, 1.165) is 24.8 Å². The number of aromatic nitrogens is 3. The maximum absolute atomic E-state index is 13.0. The fourth-order valence-corrected chi connectivity index (χ4v) is 2.26. The molecule has 2 N–H and O–H groups in total. The second-order valence-electron chi connectivity index (χ2n) is 6.42. The molecule has 0 saturated carbocycles. The Balaban J connectivity index is 1.96. The van der Waals surface area contributed by atoms with Crippen molar-refractivity contribution in [1.29, 1.82) is 0 Å². The van der Waals surface area contributed by atoms with Crippen molar-refractivity contribution < 1.29 is 9.50 Å². The molecular weight excluding hydrogens is 295 g/mol. The monoisotopic (exact) mass is 318 g/mol. The standard InChI is InChI=1S/C17H23FN4O/c1-12(5-4-10-17(2,3)23)20-16-21-15(11-19-22-16)13-6-8-14(18)9-7-13/h6-9,11-12,23H,4-5,10H2,1-3H3,(H,20,21,22). The van der Waals surface area contributed by atoms with E-state index in [2.05, 4.69) is 20.5 Å². The van der Waals surface area contributed by atoms with Gasteiger partial charge in [0.2, 0.25) is 5.95 Å². The van der Waals surface area contributed by atoms with E-state index in [1.54, 1.807) is 18.3 Å². The molecule has 0 saturated heterocycles. The Morgan fingerprint density at radius 3 is 2.61 bits per heavy atom. The Kier molecular flexibility index (Phi) is 5.60. The van der Waals surface area contributed by atoms with Gasteiger partial charge in [0.05, 0.1) is 17.5 Å². The lowest BCUT2D eigenvalue weighted by Crippen LogP contribution is -2.21. The highest BCUT2D eigenvalue weighted by atomic mass is 19.1. The largest absolute Gasteiger partial charge is 0.390 e. The summed E-state index contributed by atoms with van der Waals surface area (Å²) >= 11 is 0. The van der Waals surface area contributed by atoms with E-state index in [4.69, 9.17) is 0 Å². The summed E-state index contributed by atoms with van der Waals surface area (Å²) in [5.41, 5.74) is 0.797. The lowest BCUT2D eigenvalue weighted by atomic mass is 10.00. The lowest BCUT2D eigenvalue weighted by molar-refractivity contribution is 0.0680. The van der Waals surface area contributed by atoms with Gasteiger partial charge in [-0.2, -0.15) is 5.10 Å². The number of nitrogens with one attached hydrogen (secondary N) is 1. The van der Waals surface area contributed by atoms with Gasteiger partial charge in [0.1, 0.15) is 5.82 Å². The van der Waals surface area contributed by atoms with Crippen LogP contribution in [0.1, 0.15) is 40.0 Å². The van der Waals surface area contributed by atoms with Gasteiger partial charge < -0.3 is 10.4 Å². The maximum Gasteiger partial charge on any atom is 0.243 e. The van der Waals surface area contributed by atoms with Crippen molar-refractivity contribution in [2.24, 2.45) is 0 Å². The predicted octanol–water partition coefficient (Wildman–Crippen LogP) is 3.42. The van der Waals surface area contributed by atoms with Gasteiger partial charge in [-0.15, -0.1) is 5.10 Å². The zero-order chi connectivity index (χ0) is 16.9. The molecule has 1 aromatic carbocycles. The fourth-order valence-electron chi connectivity index (χ4n) is 2.26. The summed E-state index contributed by atoms with van der Waals surface area (Å²) in [5.74, 6) is 0.164. The van der Waals surface area contributed by atoms with E-state index in [0.29, 0.717) is 11.6 Å². The minimum Gasteiger partial charge on any atom is -0.390 e. The number of anilines is 1. The van der Waals surface area contributed by atoms with Gasteiger partial charge in [-0.25, -0.2) is 9.37 Å². The van der Waals surface area contributed by atoms with Crippen molar-refractivity contribution in [3.05, 3.63) is 36.3 Å². The van der Waals surface area contributed by atoms with Crippen molar-refractivity contribution in [2.75, 3.05) is 5.32 Å². The summed E-state index contributed by atoms with van der Waals surface area (Å²) in [5, 5.41) is 20.9. The Hall–Kier alpha value is -2.08. The molecule has 0 bridgehead atoms. The molecule has 0 aliphatic heterocycles. The van der Waals surface area contributed by atoms with Crippen LogP contribution < -0.4 is 5.32 Å². The van der Waals surface area contributed by atoms with Crippen LogP contribution in [0.3, 0.4) is 0 Å². The number of halogens is 1. The Morgan fingerprint density at radius 1 is 1.26 bits per heavy atom. The molecule has 5 nitrogen and oxygen atoms in total. The molecule has 1 heterocycles. The van der Waals surface area contributed by atoms with Gasteiger partial charge >= 0.3 is 0 Å². The van der Waals surface area contributed by atoms with Crippen LogP contribution in [-0.4, -0.2) is 31.9 Å². The average Bonchev–Trinajstić information content (AvgIpc) is 2.47. The van der Waals surface area contributed by atoms with E-state index in [1.807, 2.05) is 20.8 Å². The molecular formula is C17H23FN4O. The molecule has 0 spiro atoms. The third-order valence-electron chi connectivity index (χ3n) is 3.50. The van der Waals surface area contributed by atoms with Crippen LogP contribution >= 0.6 is 0 Å². The first-order chi connectivity index (χ1) is 10.8. The van der Waals surface area contributed by atoms with Crippen molar-refractivity contribution in [1.82, 2.24) is 15.2 Å². The van der Waals surface area contributed by atoms with Gasteiger partial charge in [0.15, 0.2) is 0 Å². The smallest absolute Gasteiger partial charge is 0.243 e. The van der Waals surface area contributed by atoms with Crippen LogP contribution in [0.25, 0.3) is 11.3 Å². The van der Waals surface area contributed by atoms with E-state index in [1.165, 1.54) is 12.1 Å². The van der Waals surface area contributed by atoms with Crippen LogP contribution in [0.5, 0.6) is 0 Å². The molecule has 1 unspecified atom stereocenters. The average molecular weight is 318 g/mol. The SMILES string of the molecule is CC(CCCC(C)(C)O)Nc1nncc(-c2ccc(F)cc2)n1. The molecule has 1 aromatic heterocycles. The summed E-state index contributed by atoms with van der Waals surface area (Å²) < 4.78 is 13.0. The molecule has 0 amide bonds.